The van der Waals surface area contributed by atoms with Gasteiger partial charge in [-0.05, 0) is 110 Å². The number of rotatable bonds is 5. The van der Waals surface area contributed by atoms with Crippen LogP contribution < -0.4 is 10.1 Å². The Morgan fingerprint density at radius 2 is 1.81 bits per heavy atom. The van der Waals surface area contributed by atoms with E-state index in [1.54, 1.807) is 24.3 Å². The maximum absolute atomic E-state index is 12.3. The SMILES string of the molecule is CNC.Cc1c(Oc2ccc(C#N)cc2)ccc2c(CCC3CCN(C(=O)OC(C)(C)C)CC3)noc12. The molecule has 0 aliphatic carbocycles. The quantitative estimate of drug-likeness (QED) is 0.439. The highest BCUT2D eigenvalue weighted by Crippen LogP contribution is 2.33. The number of nitriles is 1. The van der Waals surface area contributed by atoms with Crippen molar-refractivity contribution in [2.24, 2.45) is 5.92 Å². The smallest absolute Gasteiger partial charge is 0.410 e. The fourth-order valence-electron chi connectivity index (χ4n) is 4.26. The summed E-state index contributed by atoms with van der Waals surface area (Å²) in [4.78, 5) is 14.1. The molecule has 1 saturated heterocycles. The van der Waals surface area contributed by atoms with Gasteiger partial charge in [0.1, 0.15) is 17.1 Å². The van der Waals surface area contributed by atoms with Gasteiger partial charge in [-0.1, -0.05) is 5.16 Å². The van der Waals surface area contributed by atoms with Crippen LogP contribution in [0.5, 0.6) is 11.5 Å². The molecule has 2 aromatic carbocycles. The van der Waals surface area contributed by atoms with E-state index in [0.29, 0.717) is 23.0 Å². The minimum atomic E-state index is -0.465. The Morgan fingerprint density at radius 1 is 1.16 bits per heavy atom. The summed E-state index contributed by atoms with van der Waals surface area (Å²) in [7, 11) is 3.75. The number of hydrogen-bond donors (Lipinski definition) is 1. The van der Waals surface area contributed by atoms with Gasteiger partial charge in [-0.3, -0.25) is 0 Å². The van der Waals surface area contributed by atoms with Gasteiger partial charge in [-0.25, -0.2) is 4.79 Å². The molecule has 3 aromatic rings. The fourth-order valence-corrected chi connectivity index (χ4v) is 4.26. The first-order chi connectivity index (χ1) is 17.6. The van der Waals surface area contributed by atoms with E-state index in [0.717, 1.165) is 61.0 Å². The Labute approximate surface area is 219 Å². The van der Waals surface area contributed by atoms with E-state index in [4.69, 9.17) is 19.3 Å². The van der Waals surface area contributed by atoms with Gasteiger partial charge in [0.25, 0.3) is 0 Å². The monoisotopic (exact) mass is 506 g/mol. The molecule has 8 nitrogen and oxygen atoms in total. The minimum Gasteiger partial charge on any atom is -0.457 e. The Kier molecular flexibility index (Phi) is 9.54. The summed E-state index contributed by atoms with van der Waals surface area (Å²) in [6.07, 6.45) is 3.56. The van der Waals surface area contributed by atoms with Crippen LogP contribution >= 0.6 is 0 Å². The van der Waals surface area contributed by atoms with Crippen molar-refractivity contribution < 1.29 is 18.8 Å². The van der Waals surface area contributed by atoms with E-state index >= 15 is 0 Å². The maximum Gasteiger partial charge on any atom is 0.410 e. The number of nitrogens with one attached hydrogen (secondary N) is 1. The summed E-state index contributed by atoms with van der Waals surface area (Å²) in [6, 6.07) is 13.1. The van der Waals surface area contributed by atoms with E-state index in [1.165, 1.54) is 0 Å². The number of likely N-dealkylation sites (tertiary alicyclic amines) is 1. The lowest BCUT2D eigenvalue weighted by molar-refractivity contribution is 0.0181. The molecule has 0 radical (unpaired) electrons. The third kappa shape index (κ3) is 7.70. The molecule has 1 amide bonds. The number of nitrogens with zero attached hydrogens (tertiary/aromatic N) is 3. The number of hydrogen-bond acceptors (Lipinski definition) is 7. The number of amides is 1. The average molecular weight is 507 g/mol. The summed E-state index contributed by atoms with van der Waals surface area (Å²) < 4.78 is 17.2. The van der Waals surface area contributed by atoms with Crippen LogP contribution in [-0.4, -0.2) is 48.9 Å². The molecule has 2 heterocycles. The number of piperidine rings is 1. The number of benzene rings is 2. The molecule has 0 bridgehead atoms. The zero-order valence-corrected chi connectivity index (χ0v) is 22.8. The molecule has 4 rings (SSSR count). The first-order valence-corrected chi connectivity index (χ1v) is 12.8. The zero-order chi connectivity index (χ0) is 27.0. The summed E-state index contributed by atoms with van der Waals surface area (Å²) in [5, 5.41) is 17.1. The predicted octanol–water partition coefficient (Wildman–Crippen LogP) is 6.22. The third-order valence-corrected chi connectivity index (χ3v) is 6.18. The van der Waals surface area contributed by atoms with Crippen LogP contribution in [-0.2, 0) is 11.2 Å². The number of aryl methyl sites for hydroxylation is 2. The number of carbonyl (C=O) groups is 1. The third-order valence-electron chi connectivity index (χ3n) is 6.18. The van der Waals surface area contributed by atoms with Crippen molar-refractivity contribution in [3.63, 3.8) is 0 Å². The highest BCUT2D eigenvalue weighted by atomic mass is 16.6. The van der Waals surface area contributed by atoms with Crippen LogP contribution in [0.4, 0.5) is 4.79 Å². The van der Waals surface area contributed by atoms with Gasteiger partial charge in [0, 0.05) is 24.0 Å². The topological polar surface area (TPSA) is 101 Å². The predicted molar refractivity (Wildman–Crippen MR) is 144 cm³/mol. The molecule has 1 fully saturated rings. The first-order valence-electron chi connectivity index (χ1n) is 12.8. The lowest BCUT2D eigenvalue weighted by Gasteiger charge is -2.33. The Morgan fingerprint density at radius 3 is 2.41 bits per heavy atom. The summed E-state index contributed by atoms with van der Waals surface area (Å²) in [6.45, 7) is 9.10. The van der Waals surface area contributed by atoms with Crippen molar-refractivity contribution in [3.8, 4) is 17.6 Å². The standard InChI is InChI=1S/C27H31N3O4.C2H7N/c1-18-24(32-21-8-5-20(17-28)6-9-21)12-10-22-23(29-34-25(18)22)11-7-19-13-15-30(16-14-19)26(31)33-27(2,3)4;1-3-2/h5-6,8-10,12,19H,7,11,13-16H2,1-4H3;3H,1-2H3. The fraction of sp³-hybridized carbons (Fsp3) is 0.483. The molecule has 1 aliphatic heterocycles. The second-order valence-electron chi connectivity index (χ2n) is 10.4. The number of carbonyl (C=O) groups excluding carboxylic acids is 1. The normalized spacial score (nSPS) is 14.0. The summed E-state index contributed by atoms with van der Waals surface area (Å²) in [5.41, 5.74) is 2.71. The van der Waals surface area contributed by atoms with Gasteiger partial charge in [0.15, 0.2) is 5.58 Å². The van der Waals surface area contributed by atoms with E-state index in [9.17, 15) is 4.79 Å². The number of ether oxygens (including phenoxy) is 2. The lowest BCUT2D eigenvalue weighted by atomic mass is 9.91. The van der Waals surface area contributed by atoms with Gasteiger partial charge >= 0.3 is 6.09 Å². The minimum absolute atomic E-state index is 0.219. The molecular weight excluding hydrogens is 468 g/mol. The number of aromatic nitrogens is 1. The number of fused-ring (bicyclic) bond motifs is 1. The van der Waals surface area contributed by atoms with Crippen LogP contribution in [0.25, 0.3) is 11.0 Å². The molecule has 0 spiro atoms. The first kappa shape index (κ1) is 28.0. The van der Waals surface area contributed by atoms with Gasteiger partial charge in [-0.15, -0.1) is 0 Å². The molecule has 8 heteroatoms. The van der Waals surface area contributed by atoms with E-state index in [1.807, 2.05) is 58.8 Å². The van der Waals surface area contributed by atoms with Gasteiger partial charge in [0.05, 0.1) is 17.3 Å². The lowest BCUT2D eigenvalue weighted by Crippen LogP contribution is -2.41. The molecule has 37 heavy (non-hydrogen) atoms. The van der Waals surface area contributed by atoms with Crippen molar-refractivity contribution in [2.45, 2.75) is 59.0 Å². The van der Waals surface area contributed by atoms with E-state index in [2.05, 4.69) is 16.5 Å². The van der Waals surface area contributed by atoms with Crippen molar-refractivity contribution >= 4 is 17.1 Å². The van der Waals surface area contributed by atoms with Crippen LogP contribution in [0.15, 0.2) is 40.9 Å². The van der Waals surface area contributed by atoms with Gasteiger partial charge < -0.3 is 24.2 Å². The van der Waals surface area contributed by atoms with E-state index in [-0.39, 0.29) is 6.09 Å². The van der Waals surface area contributed by atoms with Crippen LogP contribution in [0.3, 0.4) is 0 Å². The van der Waals surface area contributed by atoms with Gasteiger partial charge in [0.2, 0.25) is 0 Å². The molecule has 0 unspecified atom stereocenters. The molecule has 1 N–H and O–H groups in total. The highest BCUT2D eigenvalue weighted by Gasteiger charge is 2.27. The van der Waals surface area contributed by atoms with Crippen molar-refractivity contribution in [3.05, 3.63) is 53.2 Å². The van der Waals surface area contributed by atoms with E-state index < -0.39 is 5.60 Å². The Bertz CT molecular complexity index is 1210. The second-order valence-corrected chi connectivity index (χ2v) is 10.4. The van der Waals surface area contributed by atoms with Crippen molar-refractivity contribution in [2.75, 3.05) is 27.2 Å². The molecule has 1 aliphatic rings. The Balaban J connectivity index is 0.00000121. The molecular formula is C29H38N4O4. The molecule has 1 aromatic heterocycles. The van der Waals surface area contributed by atoms with Crippen LogP contribution in [0.2, 0.25) is 0 Å². The zero-order valence-electron chi connectivity index (χ0n) is 22.8. The second kappa shape index (κ2) is 12.6. The van der Waals surface area contributed by atoms with Crippen molar-refractivity contribution in [1.29, 1.82) is 5.26 Å². The van der Waals surface area contributed by atoms with Gasteiger partial charge in [-0.2, -0.15) is 5.26 Å². The molecule has 198 valence electrons. The molecule has 0 saturated carbocycles. The van der Waals surface area contributed by atoms with Crippen molar-refractivity contribution in [1.82, 2.24) is 15.4 Å². The molecule has 0 atom stereocenters. The summed E-state index contributed by atoms with van der Waals surface area (Å²) >= 11 is 0. The average Bonchev–Trinajstić information content (AvgIpc) is 3.28. The highest BCUT2D eigenvalue weighted by molar-refractivity contribution is 5.84. The van der Waals surface area contributed by atoms with Crippen LogP contribution in [0, 0.1) is 24.2 Å². The van der Waals surface area contributed by atoms with Crippen LogP contribution in [0.1, 0.15) is 56.9 Å². The Hall–Kier alpha value is -3.57. The maximum atomic E-state index is 12.3. The summed E-state index contributed by atoms with van der Waals surface area (Å²) in [5.74, 6) is 1.92. The largest absolute Gasteiger partial charge is 0.457 e.